The third kappa shape index (κ3) is 8.83. The molecule has 0 atom stereocenters. The van der Waals surface area contributed by atoms with Crippen LogP contribution in [0, 0.1) is 0 Å². The molecule has 0 saturated heterocycles. The molecule has 6 heavy (non-hydrogen) atoms. The van der Waals surface area contributed by atoms with Gasteiger partial charge in [0.15, 0.2) is 4.32 Å². The topological polar surface area (TPSA) is 12.4 Å². The van der Waals surface area contributed by atoms with Gasteiger partial charge < -0.3 is 0 Å². The number of hydrogen-bond acceptors (Lipinski definition) is 1. The van der Waals surface area contributed by atoms with E-state index >= 15 is 0 Å². The second kappa shape index (κ2) is 5.73. The van der Waals surface area contributed by atoms with Crippen molar-refractivity contribution in [2.45, 2.75) is 0 Å². The van der Waals surface area contributed by atoms with Crippen molar-refractivity contribution in [3.05, 3.63) is 0 Å². The van der Waals surface area contributed by atoms with Crippen LogP contribution in [0.5, 0.6) is 0 Å². The van der Waals surface area contributed by atoms with E-state index in [0.717, 1.165) is 0 Å². The van der Waals surface area contributed by atoms with Crippen molar-refractivity contribution in [1.82, 2.24) is 0 Å². The fourth-order valence-corrected chi connectivity index (χ4v) is 0. The number of thiocarbonyl (C=S) groups is 1. The van der Waals surface area contributed by atoms with Gasteiger partial charge in [0, 0.05) is 19.5 Å². The molecule has 0 unspecified atom stereocenters. The van der Waals surface area contributed by atoms with Gasteiger partial charge in [0.2, 0.25) is 0 Å². The van der Waals surface area contributed by atoms with Crippen molar-refractivity contribution in [3.63, 3.8) is 0 Å². The summed E-state index contributed by atoms with van der Waals surface area (Å²) in [5, 5.41) is 0. The van der Waals surface area contributed by atoms with Crippen LogP contribution in [0.2, 0.25) is 0 Å². The molecule has 0 radical (unpaired) electrons. The molecule has 0 heterocycles. The minimum Gasteiger partial charge on any atom is -0.246 e. The Morgan fingerprint density at radius 3 is 2.00 bits per heavy atom. The van der Waals surface area contributed by atoms with E-state index in [1.807, 2.05) is 0 Å². The van der Waals surface area contributed by atoms with Gasteiger partial charge in [-0.25, -0.2) is 4.99 Å². The van der Waals surface area contributed by atoms with Gasteiger partial charge in [-0.05, 0) is 6.72 Å². The molecule has 1 nitrogen and oxygen atoms in total. The number of rotatable bonds is 0. The van der Waals surface area contributed by atoms with Crippen LogP contribution in [-0.4, -0.2) is 11.0 Å². The summed E-state index contributed by atoms with van der Waals surface area (Å²) in [4.78, 5) is 3.23. The molecule has 0 fully saturated rings. The smallest absolute Gasteiger partial charge is 0.155 e. The average molecular weight is 171 g/mol. The van der Waals surface area contributed by atoms with Gasteiger partial charge in [-0.15, -0.1) is 12.6 Å². The molecular weight excluding hydrogens is 168 g/mol. The van der Waals surface area contributed by atoms with Crippen LogP contribution in [0.15, 0.2) is 4.99 Å². The molecule has 0 aromatic carbocycles. The van der Waals surface area contributed by atoms with E-state index in [9.17, 15) is 0 Å². The fraction of sp³-hybridized carbons (Fsp3) is 0. The first-order valence-electron chi connectivity index (χ1n) is 0.968. The quantitative estimate of drug-likeness (QED) is 0.247. The van der Waals surface area contributed by atoms with Crippen LogP contribution in [0.1, 0.15) is 0 Å². The molecule has 0 aliphatic carbocycles. The molecule has 0 aliphatic rings. The summed E-state index contributed by atoms with van der Waals surface area (Å²) in [5.41, 5.74) is 0. The SMILES string of the molecule is C=NC(=S)S.[Zn]. The van der Waals surface area contributed by atoms with E-state index < -0.39 is 0 Å². The van der Waals surface area contributed by atoms with Crippen molar-refractivity contribution in [2.75, 3.05) is 0 Å². The monoisotopic (exact) mass is 169 g/mol. The van der Waals surface area contributed by atoms with Crippen molar-refractivity contribution < 1.29 is 19.5 Å². The summed E-state index contributed by atoms with van der Waals surface area (Å²) < 4.78 is 0.296. The van der Waals surface area contributed by atoms with E-state index in [2.05, 4.69) is 36.6 Å². The molecule has 0 N–H and O–H groups in total. The predicted octanol–water partition coefficient (Wildman–Crippen LogP) is 0.899. The van der Waals surface area contributed by atoms with Crippen molar-refractivity contribution in [2.24, 2.45) is 4.99 Å². The summed E-state index contributed by atoms with van der Waals surface area (Å²) in [7, 11) is 0. The van der Waals surface area contributed by atoms with Crippen molar-refractivity contribution >= 4 is 35.9 Å². The number of aliphatic imine (C=N–C) groups is 1. The summed E-state index contributed by atoms with van der Waals surface area (Å²) in [6.07, 6.45) is 0. The Balaban J connectivity index is 0. The maximum atomic E-state index is 4.33. The largest absolute Gasteiger partial charge is 0.246 e. The first-order chi connectivity index (χ1) is 2.27. The Hall–Kier alpha value is 0.733. The number of nitrogens with zero attached hydrogens (tertiary/aromatic N) is 1. The molecule has 4 heteroatoms. The normalized spacial score (nSPS) is 5.50. The Morgan fingerprint density at radius 2 is 2.00 bits per heavy atom. The zero-order valence-electron chi connectivity index (χ0n) is 3.22. The predicted molar refractivity (Wildman–Crippen MR) is 31.1 cm³/mol. The molecule has 0 bridgehead atoms. The average Bonchev–Trinajstić information content (AvgIpc) is 1.38. The van der Waals surface area contributed by atoms with E-state index in [1.54, 1.807) is 0 Å². The molecular formula is C2H3NS2Zn. The molecule has 0 aromatic rings. The summed E-state index contributed by atoms with van der Waals surface area (Å²) in [5.74, 6) is 0. The Morgan fingerprint density at radius 1 is 1.83 bits per heavy atom. The summed E-state index contributed by atoms with van der Waals surface area (Å²) >= 11 is 7.93. The first kappa shape index (κ1) is 9.88. The fourth-order valence-electron chi connectivity index (χ4n) is 0. The molecule has 0 aromatic heterocycles. The van der Waals surface area contributed by atoms with E-state index in [-0.39, 0.29) is 19.5 Å². The number of hydrogen-bond donors (Lipinski definition) is 1. The third-order valence-corrected chi connectivity index (χ3v) is 0.406. The second-order valence-electron chi connectivity index (χ2n) is 0.441. The van der Waals surface area contributed by atoms with E-state index in [0.29, 0.717) is 4.32 Å². The number of thiol groups is 1. The van der Waals surface area contributed by atoms with Gasteiger partial charge in [0.25, 0.3) is 0 Å². The molecule has 0 saturated carbocycles. The van der Waals surface area contributed by atoms with E-state index in [1.165, 1.54) is 0 Å². The molecule has 0 spiro atoms. The molecule has 30 valence electrons. The van der Waals surface area contributed by atoms with Gasteiger partial charge in [-0.2, -0.15) is 0 Å². The Labute approximate surface area is 60.4 Å². The summed E-state index contributed by atoms with van der Waals surface area (Å²) in [6.45, 7) is 3.09. The maximum Gasteiger partial charge on any atom is 0.155 e. The van der Waals surface area contributed by atoms with Gasteiger partial charge in [0.1, 0.15) is 0 Å². The van der Waals surface area contributed by atoms with E-state index in [4.69, 9.17) is 0 Å². The molecule has 0 aliphatic heterocycles. The van der Waals surface area contributed by atoms with Gasteiger partial charge in [-0.1, -0.05) is 12.2 Å². The van der Waals surface area contributed by atoms with Crippen LogP contribution in [0.25, 0.3) is 0 Å². The van der Waals surface area contributed by atoms with Crippen LogP contribution in [0.3, 0.4) is 0 Å². The van der Waals surface area contributed by atoms with Crippen molar-refractivity contribution in [1.29, 1.82) is 0 Å². The van der Waals surface area contributed by atoms with Crippen LogP contribution >= 0.6 is 24.8 Å². The van der Waals surface area contributed by atoms with Gasteiger partial charge in [-0.3, -0.25) is 0 Å². The minimum atomic E-state index is 0. The van der Waals surface area contributed by atoms with Crippen molar-refractivity contribution in [3.8, 4) is 0 Å². The minimum absolute atomic E-state index is 0. The third-order valence-electron chi connectivity index (χ3n) is 0.135. The summed E-state index contributed by atoms with van der Waals surface area (Å²) in [6, 6.07) is 0. The van der Waals surface area contributed by atoms with Crippen LogP contribution in [-0.2, 0) is 19.5 Å². The van der Waals surface area contributed by atoms with Crippen LogP contribution < -0.4 is 0 Å². The maximum absolute atomic E-state index is 4.33. The van der Waals surface area contributed by atoms with Crippen LogP contribution in [0.4, 0.5) is 0 Å². The Bertz CT molecular complexity index is 62.6. The first-order valence-corrected chi connectivity index (χ1v) is 1.82. The zero-order chi connectivity index (χ0) is 4.28. The van der Waals surface area contributed by atoms with Gasteiger partial charge in [0.05, 0.1) is 0 Å². The Kier molecular flexibility index (Phi) is 9.44. The molecule has 0 rings (SSSR count). The van der Waals surface area contributed by atoms with Gasteiger partial charge >= 0.3 is 0 Å². The standard InChI is InChI=1S/C2H3NS2.Zn/c1-3-2(4)5;/h1H2,(H,4,5);. The second-order valence-corrected chi connectivity index (χ2v) is 1.55. The zero-order valence-corrected chi connectivity index (χ0v) is 7.89. The molecule has 0 amide bonds.